The molecule has 1 saturated carbocycles. The number of amides is 1. The first-order chi connectivity index (χ1) is 10.1. The van der Waals surface area contributed by atoms with Gasteiger partial charge in [0, 0.05) is 23.1 Å². The van der Waals surface area contributed by atoms with Crippen LogP contribution in [-0.2, 0) is 10.2 Å². The Bertz CT molecular complexity index is 618. The molecule has 1 amide bonds. The van der Waals surface area contributed by atoms with Crippen LogP contribution in [0.2, 0.25) is 0 Å². The second-order valence-electron chi connectivity index (χ2n) is 5.47. The molecule has 0 bridgehead atoms. The van der Waals surface area contributed by atoms with Gasteiger partial charge in [0.15, 0.2) is 5.13 Å². The molecule has 1 heterocycles. The molecule has 0 radical (unpaired) electrons. The zero-order chi connectivity index (χ0) is 14.9. The summed E-state index contributed by atoms with van der Waals surface area (Å²) in [6.07, 6.45) is 5.79. The maximum Gasteiger partial charge on any atom is 0.239 e. The highest BCUT2D eigenvalue weighted by Gasteiger charge is 2.44. The summed E-state index contributed by atoms with van der Waals surface area (Å²) in [4.78, 5) is 19.1. The maximum absolute atomic E-state index is 13.1. The predicted molar refractivity (Wildman–Crippen MR) is 89.8 cm³/mol. The van der Waals surface area contributed by atoms with Crippen LogP contribution in [0, 0.1) is 0 Å². The van der Waals surface area contributed by atoms with Gasteiger partial charge in [0.05, 0.1) is 5.41 Å². The molecule has 1 fully saturated rings. The maximum atomic E-state index is 13.1. The number of halogens is 1. The van der Waals surface area contributed by atoms with Crippen LogP contribution in [0.3, 0.4) is 0 Å². The second kappa shape index (κ2) is 5.89. The van der Waals surface area contributed by atoms with Gasteiger partial charge >= 0.3 is 0 Å². The first-order valence-electron chi connectivity index (χ1n) is 7.07. The molecule has 1 aliphatic carbocycles. The second-order valence-corrected chi connectivity index (χ2v) is 7.26. The summed E-state index contributed by atoms with van der Waals surface area (Å²) < 4.78 is 1.04. The fourth-order valence-corrected chi connectivity index (χ4v) is 4.03. The Morgan fingerprint density at radius 1 is 1.29 bits per heavy atom. The summed E-state index contributed by atoms with van der Waals surface area (Å²) in [5, 5.41) is 2.67. The highest BCUT2D eigenvalue weighted by Crippen LogP contribution is 2.43. The lowest BCUT2D eigenvalue weighted by atomic mass is 9.77. The molecule has 2 aromatic rings. The number of thiazole rings is 1. The molecular weight excluding hydrogens is 348 g/mol. The molecule has 3 nitrogen and oxygen atoms in total. The molecule has 0 unspecified atom stereocenters. The van der Waals surface area contributed by atoms with Gasteiger partial charge in [0.1, 0.15) is 0 Å². The van der Waals surface area contributed by atoms with Crippen molar-refractivity contribution in [2.75, 3.05) is 11.9 Å². The number of benzene rings is 1. The van der Waals surface area contributed by atoms with E-state index < -0.39 is 0 Å². The van der Waals surface area contributed by atoms with E-state index in [0.717, 1.165) is 40.9 Å². The molecule has 21 heavy (non-hydrogen) atoms. The summed E-state index contributed by atoms with van der Waals surface area (Å²) in [7, 11) is 1.83. The lowest BCUT2D eigenvalue weighted by molar-refractivity contribution is -0.123. The lowest BCUT2D eigenvalue weighted by Gasteiger charge is -2.32. The Morgan fingerprint density at radius 2 is 1.95 bits per heavy atom. The summed E-state index contributed by atoms with van der Waals surface area (Å²) in [5.41, 5.74) is 0.734. The molecular formula is C16H17BrN2OS. The first-order valence-corrected chi connectivity index (χ1v) is 8.74. The number of carbonyl (C=O) groups excluding carboxylic acids is 1. The van der Waals surface area contributed by atoms with Gasteiger partial charge in [-0.15, -0.1) is 11.3 Å². The fourth-order valence-electron chi connectivity index (χ4n) is 3.16. The third kappa shape index (κ3) is 2.64. The van der Waals surface area contributed by atoms with Crippen LogP contribution in [0.5, 0.6) is 0 Å². The van der Waals surface area contributed by atoms with Gasteiger partial charge in [-0.25, -0.2) is 4.98 Å². The van der Waals surface area contributed by atoms with Crippen molar-refractivity contribution in [2.24, 2.45) is 0 Å². The van der Waals surface area contributed by atoms with E-state index in [9.17, 15) is 4.79 Å². The van der Waals surface area contributed by atoms with Gasteiger partial charge in [-0.1, -0.05) is 40.9 Å². The van der Waals surface area contributed by atoms with Crippen LogP contribution < -0.4 is 4.90 Å². The van der Waals surface area contributed by atoms with Crippen molar-refractivity contribution in [3.05, 3.63) is 45.9 Å². The van der Waals surface area contributed by atoms with Crippen molar-refractivity contribution in [3.63, 3.8) is 0 Å². The molecule has 0 saturated heterocycles. The third-order valence-corrected chi connectivity index (χ3v) is 5.65. The minimum atomic E-state index is -0.388. The fraction of sp³-hybridized carbons (Fsp3) is 0.375. The molecule has 0 spiro atoms. The number of anilines is 1. The number of aromatic nitrogens is 1. The van der Waals surface area contributed by atoms with Crippen LogP contribution in [-0.4, -0.2) is 17.9 Å². The Balaban J connectivity index is 1.97. The van der Waals surface area contributed by atoms with Gasteiger partial charge in [-0.05, 0) is 30.5 Å². The van der Waals surface area contributed by atoms with E-state index >= 15 is 0 Å². The summed E-state index contributed by atoms with van der Waals surface area (Å²) in [6.45, 7) is 0. The van der Waals surface area contributed by atoms with Crippen LogP contribution >= 0.6 is 27.3 Å². The lowest BCUT2D eigenvalue weighted by Crippen LogP contribution is -2.43. The molecule has 3 rings (SSSR count). The largest absolute Gasteiger partial charge is 0.290 e. The van der Waals surface area contributed by atoms with Crippen molar-refractivity contribution >= 4 is 38.3 Å². The highest BCUT2D eigenvalue weighted by molar-refractivity contribution is 9.10. The summed E-state index contributed by atoms with van der Waals surface area (Å²) in [6, 6.07) is 8.18. The monoisotopic (exact) mass is 364 g/mol. The van der Waals surface area contributed by atoms with E-state index in [1.807, 2.05) is 24.6 Å². The Kier molecular flexibility index (Phi) is 4.13. The molecule has 1 aromatic carbocycles. The van der Waals surface area contributed by atoms with Crippen LogP contribution in [0.25, 0.3) is 0 Å². The van der Waals surface area contributed by atoms with Crippen molar-refractivity contribution < 1.29 is 4.79 Å². The van der Waals surface area contributed by atoms with Crippen molar-refractivity contribution in [2.45, 2.75) is 31.1 Å². The number of carbonyl (C=O) groups is 1. The van der Waals surface area contributed by atoms with Crippen molar-refractivity contribution in [1.29, 1.82) is 0 Å². The third-order valence-electron chi connectivity index (χ3n) is 4.27. The molecule has 0 N–H and O–H groups in total. The average molecular weight is 365 g/mol. The van der Waals surface area contributed by atoms with E-state index in [2.05, 4.69) is 33.0 Å². The quantitative estimate of drug-likeness (QED) is 0.809. The number of hydrogen-bond donors (Lipinski definition) is 0. The van der Waals surface area contributed by atoms with E-state index in [1.54, 1.807) is 11.1 Å². The molecule has 1 aromatic heterocycles. The van der Waals surface area contributed by atoms with Gasteiger partial charge in [-0.2, -0.15) is 0 Å². The standard InChI is InChI=1S/C16H17BrN2OS/c1-19(15-18-10-11-21-15)14(20)16(8-2-3-9-16)12-4-6-13(17)7-5-12/h4-7,10-11H,2-3,8-9H2,1H3. The molecule has 110 valence electrons. The van der Waals surface area contributed by atoms with Gasteiger partial charge < -0.3 is 0 Å². The number of rotatable bonds is 3. The Labute approximate surface area is 137 Å². The average Bonchev–Trinajstić information content (AvgIpc) is 3.18. The van der Waals surface area contributed by atoms with E-state index in [4.69, 9.17) is 0 Å². The molecule has 0 aliphatic heterocycles. The van der Waals surface area contributed by atoms with Gasteiger partial charge in [0.25, 0.3) is 0 Å². The zero-order valence-electron chi connectivity index (χ0n) is 11.9. The first kappa shape index (κ1) is 14.7. The Morgan fingerprint density at radius 3 is 2.52 bits per heavy atom. The van der Waals surface area contributed by atoms with Crippen molar-refractivity contribution in [3.8, 4) is 0 Å². The van der Waals surface area contributed by atoms with E-state index in [-0.39, 0.29) is 11.3 Å². The SMILES string of the molecule is CN(C(=O)C1(c2ccc(Br)cc2)CCCC1)c1nccs1. The smallest absolute Gasteiger partial charge is 0.239 e. The predicted octanol–water partition coefficient (Wildman–Crippen LogP) is 4.38. The van der Waals surface area contributed by atoms with E-state index in [0.29, 0.717) is 0 Å². The van der Waals surface area contributed by atoms with Gasteiger partial charge in [-0.3, -0.25) is 9.69 Å². The topological polar surface area (TPSA) is 33.2 Å². The number of hydrogen-bond acceptors (Lipinski definition) is 3. The minimum absolute atomic E-state index is 0.164. The van der Waals surface area contributed by atoms with Crippen LogP contribution in [0.1, 0.15) is 31.2 Å². The van der Waals surface area contributed by atoms with E-state index in [1.165, 1.54) is 11.3 Å². The van der Waals surface area contributed by atoms with Crippen LogP contribution in [0.15, 0.2) is 40.3 Å². The zero-order valence-corrected chi connectivity index (χ0v) is 14.3. The Hall–Kier alpha value is -1.20. The van der Waals surface area contributed by atoms with Crippen LogP contribution in [0.4, 0.5) is 5.13 Å². The number of nitrogens with zero attached hydrogens (tertiary/aromatic N) is 2. The van der Waals surface area contributed by atoms with Gasteiger partial charge in [0.2, 0.25) is 5.91 Å². The molecule has 1 aliphatic rings. The summed E-state index contributed by atoms with van der Waals surface area (Å²) in [5.74, 6) is 0.164. The van der Waals surface area contributed by atoms with Crippen molar-refractivity contribution in [1.82, 2.24) is 4.98 Å². The summed E-state index contributed by atoms with van der Waals surface area (Å²) >= 11 is 4.97. The molecule has 0 atom stereocenters. The molecule has 5 heteroatoms. The minimum Gasteiger partial charge on any atom is -0.290 e. The highest BCUT2D eigenvalue weighted by atomic mass is 79.9. The normalized spacial score (nSPS) is 16.9. The number of likely N-dealkylation sites (N-methyl/N-ethyl adjacent to an activating group) is 1.